The van der Waals surface area contributed by atoms with E-state index in [1.807, 2.05) is 6.92 Å². The van der Waals surface area contributed by atoms with Gasteiger partial charge in [0.15, 0.2) is 5.79 Å². The lowest BCUT2D eigenvalue weighted by Gasteiger charge is -2.55. The van der Waals surface area contributed by atoms with Gasteiger partial charge in [0.05, 0.1) is 12.5 Å². The summed E-state index contributed by atoms with van der Waals surface area (Å²) < 4.78 is 17.2. The van der Waals surface area contributed by atoms with Crippen LogP contribution in [-0.2, 0) is 19.0 Å². The van der Waals surface area contributed by atoms with Crippen molar-refractivity contribution < 1.29 is 19.0 Å². The molecule has 4 heteroatoms. The molecule has 0 saturated heterocycles. The summed E-state index contributed by atoms with van der Waals surface area (Å²) in [6.07, 6.45) is 1.29. The number of hydrogen-bond acceptors (Lipinski definition) is 4. The number of methoxy groups -OCH3 is 3. The fourth-order valence-electron chi connectivity index (χ4n) is 5.21. The average Bonchev–Trinajstić information content (AvgIpc) is 2.65. The first-order valence-electron chi connectivity index (χ1n) is 8.71. The predicted octanol–water partition coefficient (Wildman–Crippen LogP) is 3.98. The van der Waals surface area contributed by atoms with Crippen LogP contribution in [0.2, 0.25) is 0 Å². The van der Waals surface area contributed by atoms with Crippen molar-refractivity contribution in [1.82, 2.24) is 0 Å². The summed E-state index contributed by atoms with van der Waals surface area (Å²) >= 11 is 0. The van der Waals surface area contributed by atoms with Crippen LogP contribution >= 0.6 is 0 Å². The maximum absolute atomic E-state index is 12.6. The van der Waals surface area contributed by atoms with Crippen LogP contribution in [0.25, 0.3) is 10.8 Å². The largest absolute Gasteiger partial charge is 0.469 e. The van der Waals surface area contributed by atoms with Crippen LogP contribution in [-0.4, -0.2) is 33.1 Å². The molecule has 0 heterocycles. The van der Waals surface area contributed by atoms with E-state index in [0.717, 1.165) is 0 Å². The van der Waals surface area contributed by atoms with Gasteiger partial charge in [-0.15, -0.1) is 0 Å². The third-order valence-corrected chi connectivity index (χ3v) is 6.32. The van der Waals surface area contributed by atoms with Crippen LogP contribution in [0.3, 0.4) is 0 Å². The van der Waals surface area contributed by atoms with Crippen molar-refractivity contribution in [2.75, 3.05) is 21.3 Å². The average molecular weight is 340 g/mol. The first-order valence-corrected chi connectivity index (χ1v) is 8.71. The summed E-state index contributed by atoms with van der Waals surface area (Å²) in [5, 5.41) is 2.52. The van der Waals surface area contributed by atoms with Crippen molar-refractivity contribution >= 4 is 16.7 Å². The number of carbonyl (C=O) groups is 1. The van der Waals surface area contributed by atoms with Gasteiger partial charge < -0.3 is 14.2 Å². The molecular weight excluding hydrogens is 316 g/mol. The minimum Gasteiger partial charge on any atom is -0.469 e. The Kier molecular flexibility index (Phi) is 3.67. The standard InChI is InChI=1S/C21H24O4/c1-20(19(22)23-2)11-16-14-9-5-7-13-8-6-10-15(18(13)14)17(12-20)21(16,24-3)25-4/h5-10,16-17H,11-12H2,1-4H3/t16-,17+,20?. The van der Waals surface area contributed by atoms with Gasteiger partial charge in [-0.2, -0.15) is 0 Å². The van der Waals surface area contributed by atoms with Crippen molar-refractivity contribution in [3.05, 3.63) is 47.5 Å². The molecule has 4 nitrogen and oxygen atoms in total. The quantitative estimate of drug-likeness (QED) is 0.626. The second-order valence-corrected chi connectivity index (χ2v) is 7.49. The highest BCUT2D eigenvalue weighted by Crippen LogP contribution is 2.62. The van der Waals surface area contributed by atoms with Crippen molar-refractivity contribution in [3.8, 4) is 0 Å². The van der Waals surface area contributed by atoms with E-state index >= 15 is 0 Å². The molecule has 2 aromatic rings. The Balaban J connectivity index is 2.00. The molecule has 2 aliphatic carbocycles. The van der Waals surface area contributed by atoms with E-state index in [9.17, 15) is 4.79 Å². The number of ether oxygens (including phenoxy) is 3. The van der Waals surface area contributed by atoms with E-state index in [1.165, 1.54) is 29.0 Å². The topological polar surface area (TPSA) is 44.8 Å². The predicted molar refractivity (Wildman–Crippen MR) is 95.5 cm³/mol. The molecule has 25 heavy (non-hydrogen) atoms. The SMILES string of the molecule is COC(=O)C1(C)C[C@@H]2c3cccc4cccc(c34)[C@H](C1)C2(OC)OC. The van der Waals surface area contributed by atoms with Crippen LogP contribution in [0, 0.1) is 5.41 Å². The van der Waals surface area contributed by atoms with Gasteiger partial charge in [0.25, 0.3) is 0 Å². The Bertz CT molecular complexity index is 786. The fraction of sp³-hybridized carbons (Fsp3) is 0.476. The Labute approximate surface area is 148 Å². The molecule has 1 fully saturated rings. The summed E-state index contributed by atoms with van der Waals surface area (Å²) in [5.74, 6) is -0.960. The third kappa shape index (κ3) is 2.04. The number of rotatable bonds is 3. The van der Waals surface area contributed by atoms with Crippen molar-refractivity contribution in [2.45, 2.75) is 37.4 Å². The number of benzene rings is 2. The molecular formula is C21H24O4. The zero-order chi connectivity index (χ0) is 17.8. The Morgan fingerprint density at radius 3 is 1.92 bits per heavy atom. The maximum Gasteiger partial charge on any atom is 0.311 e. The number of esters is 1. The van der Waals surface area contributed by atoms with E-state index in [2.05, 4.69) is 36.4 Å². The molecule has 0 N–H and O–H groups in total. The molecule has 0 spiro atoms. The molecule has 4 rings (SSSR count). The lowest BCUT2D eigenvalue weighted by Crippen LogP contribution is -2.56. The summed E-state index contributed by atoms with van der Waals surface area (Å²) in [5.41, 5.74) is 1.84. The highest BCUT2D eigenvalue weighted by atomic mass is 16.7. The second-order valence-electron chi connectivity index (χ2n) is 7.49. The van der Waals surface area contributed by atoms with E-state index in [-0.39, 0.29) is 17.8 Å². The molecule has 2 aromatic carbocycles. The maximum atomic E-state index is 12.6. The van der Waals surface area contributed by atoms with Gasteiger partial charge in [-0.25, -0.2) is 0 Å². The van der Waals surface area contributed by atoms with Crippen LogP contribution in [0.1, 0.15) is 42.7 Å². The first kappa shape index (κ1) is 16.6. The summed E-state index contributed by atoms with van der Waals surface area (Å²) in [6.45, 7) is 2.00. The normalized spacial score (nSPS) is 29.4. The van der Waals surface area contributed by atoms with Crippen molar-refractivity contribution in [1.29, 1.82) is 0 Å². The third-order valence-electron chi connectivity index (χ3n) is 6.32. The lowest BCUT2D eigenvalue weighted by molar-refractivity contribution is -0.260. The Hall–Kier alpha value is -1.91. The highest BCUT2D eigenvalue weighted by molar-refractivity contribution is 5.92. The number of fused-ring (bicyclic) bond motifs is 4. The van der Waals surface area contributed by atoms with Gasteiger partial charge in [0.1, 0.15) is 0 Å². The van der Waals surface area contributed by atoms with E-state index in [0.29, 0.717) is 12.8 Å². The minimum absolute atomic E-state index is 0.0241. The molecule has 1 unspecified atom stereocenters. The van der Waals surface area contributed by atoms with Gasteiger partial charge in [0, 0.05) is 26.1 Å². The van der Waals surface area contributed by atoms with E-state index in [4.69, 9.17) is 14.2 Å². The Morgan fingerprint density at radius 2 is 1.48 bits per heavy atom. The summed E-state index contributed by atoms with van der Waals surface area (Å²) in [6, 6.07) is 12.7. The monoisotopic (exact) mass is 340 g/mol. The van der Waals surface area contributed by atoms with Gasteiger partial charge in [-0.3, -0.25) is 4.79 Å². The first-order chi connectivity index (χ1) is 12.0. The van der Waals surface area contributed by atoms with E-state index in [1.54, 1.807) is 14.2 Å². The highest BCUT2D eigenvalue weighted by Gasteiger charge is 2.60. The molecule has 0 amide bonds. The van der Waals surface area contributed by atoms with E-state index < -0.39 is 11.2 Å². The van der Waals surface area contributed by atoms with Crippen molar-refractivity contribution in [2.24, 2.45) is 5.41 Å². The molecule has 0 radical (unpaired) electrons. The molecule has 2 bridgehead atoms. The molecule has 3 atom stereocenters. The lowest BCUT2D eigenvalue weighted by atomic mass is 9.56. The van der Waals surface area contributed by atoms with Crippen LogP contribution in [0.15, 0.2) is 36.4 Å². The molecule has 2 aliphatic rings. The van der Waals surface area contributed by atoms with Crippen LogP contribution < -0.4 is 0 Å². The summed E-state index contributed by atoms with van der Waals surface area (Å²) in [7, 11) is 4.88. The second kappa shape index (κ2) is 5.55. The molecule has 1 saturated carbocycles. The van der Waals surface area contributed by atoms with Gasteiger partial charge >= 0.3 is 5.97 Å². The molecule has 132 valence electrons. The van der Waals surface area contributed by atoms with Crippen LogP contribution in [0.5, 0.6) is 0 Å². The van der Waals surface area contributed by atoms with Gasteiger partial charge in [0.2, 0.25) is 0 Å². The Morgan fingerprint density at radius 1 is 0.960 bits per heavy atom. The van der Waals surface area contributed by atoms with Gasteiger partial charge in [-0.1, -0.05) is 36.4 Å². The van der Waals surface area contributed by atoms with Crippen LogP contribution in [0.4, 0.5) is 0 Å². The smallest absolute Gasteiger partial charge is 0.311 e. The zero-order valence-corrected chi connectivity index (χ0v) is 15.2. The zero-order valence-electron chi connectivity index (χ0n) is 15.2. The number of carbonyl (C=O) groups excluding carboxylic acids is 1. The van der Waals surface area contributed by atoms with Crippen molar-refractivity contribution in [3.63, 3.8) is 0 Å². The fourth-order valence-corrected chi connectivity index (χ4v) is 5.21. The number of hydrogen-bond donors (Lipinski definition) is 0. The molecule has 0 aromatic heterocycles. The summed E-state index contributed by atoms with van der Waals surface area (Å²) in [4.78, 5) is 12.6. The minimum atomic E-state index is -0.754. The molecule has 0 aliphatic heterocycles. The van der Waals surface area contributed by atoms with Gasteiger partial charge in [-0.05, 0) is 41.7 Å².